The number of rotatable bonds is 6. The van der Waals surface area contributed by atoms with Crippen LogP contribution in [0.25, 0.3) is 0 Å². The van der Waals surface area contributed by atoms with Gasteiger partial charge in [-0.2, -0.15) is 0 Å². The fourth-order valence-electron chi connectivity index (χ4n) is 2.22. The van der Waals surface area contributed by atoms with Crippen molar-refractivity contribution >= 4 is 24.0 Å². The van der Waals surface area contributed by atoms with Crippen LogP contribution in [0, 0.1) is 0 Å². The molecule has 102 valence electrons. The van der Waals surface area contributed by atoms with Crippen LogP contribution in [0.4, 0.5) is 0 Å². The molecule has 0 amide bonds. The summed E-state index contributed by atoms with van der Waals surface area (Å²) in [5, 5.41) is 3.60. The Morgan fingerprint density at radius 2 is 1.78 bits per heavy atom. The molecule has 1 nitrogen and oxygen atoms in total. The summed E-state index contributed by atoms with van der Waals surface area (Å²) in [5.41, 5.74) is 1.45. The number of hydrogen-bond acceptors (Lipinski definition) is 1. The van der Waals surface area contributed by atoms with Crippen molar-refractivity contribution in [3.05, 3.63) is 34.3 Å². The van der Waals surface area contributed by atoms with Crippen LogP contribution in [-0.2, 0) is 0 Å². The second kappa shape index (κ2) is 6.87. The molecule has 0 saturated heterocycles. The number of nitrogens with one attached hydrogen (secondary N) is 1. The second-order valence-electron chi connectivity index (χ2n) is 6.55. The molecule has 0 aliphatic heterocycles. The zero-order valence-electron chi connectivity index (χ0n) is 12.3. The van der Waals surface area contributed by atoms with Crippen molar-refractivity contribution < 1.29 is 0 Å². The van der Waals surface area contributed by atoms with Crippen LogP contribution in [0.3, 0.4) is 0 Å². The highest BCUT2D eigenvalue weighted by atomic mass is 79.9. The lowest BCUT2D eigenvalue weighted by Crippen LogP contribution is -2.32. The van der Waals surface area contributed by atoms with Crippen molar-refractivity contribution in [2.45, 2.75) is 51.5 Å². The van der Waals surface area contributed by atoms with Crippen molar-refractivity contribution in [1.82, 2.24) is 5.32 Å². The van der Waals surface area contributed by atoms with Crippen LogP contribution in [0.5, 0.6) is 0 Å². The first-order valence-electron chi connectivity index (χ1n) is 6.77. The quantitative estimate of drug-likeness (QED) is 0.735. The van der Waals surface area contributed by atoms with Crippen LogP contribution in [0.2, 0.25) is 25.7 Å². The lowest BCUT2D eigenvalue weighted by Gasteiger charge is -2.27. The van der Waals surface area contributed by atoms with Gasteiger partial charge in [0.1, 0.15) is 0 Å². The minimum atomic E-state index is -1.06. The normalized spacial score (nSPS) is 13.9. The third kappa shape index (κ3) is 5.68. The van der Waals surface area contributed by atoms with E-state index in [2.05, 4.69) is 79.0 Å². The van der Waals surface area contributed by atoms with E-state index in [1.54, 1.807) is 0 Å². The summed E-state index contributed by atoms with van der Waals surface area (Å²) in [6.07, 6.45) is 0. The van der Waals surface area contributed by atoms with Gasteiger partial charge in [-0.15, -0.1) is 0 Å². The lowest BCUT2D eigenvalue weighted by molar-refractivity contribution is 0.544. The summed E-state index contributed by atoms with van der Waals surface area (Å²) < 4.78 is 1.25. The first kappa shape index (κ1) is 15.9. The molecule has 1 aromatic rings. The Morgan fingerprint density at radius 3 is 2.28 bits per heavy atom. The lowest BCUT2D eigenvalue weighted by atomic mass is 10.0. The van der Waals surface area contributed by atoms with Crippen molar-refractivity contribution in [3.8, 4) is 0 Å². The average molecular weight is 328 g/mol. The molecule has 3 heteroatoms. The zero-order chi connectivity index (χ0) is 13.8. The molecule has 1 atom stereocenters. The van der Waals surface area contributed by atoms with Crippen molar-refractivity contribution in [3.63, 3.8) is 0 Å². The maximum Gasteiger partial charge on any atom is 0.0449 e. The predicted octanol–water partition coefficient (Wildman–Crippen LogP) is 4.87. The summed E-state index contributed by atoms with van der Waals surface area (Å²) in [4.78, 5) is 0. The molecule has 1 N–H and O–H groups in total. The Morgan fingerprint density at radius 1 is 1.17 bits per heavy atom. The second-order valence-corrected chi connectivity index (χ2v) is 12.9. The Kier molecular flexibility index (Phi) is 6.08. The highest BCUT2D eigenvalue weighted by Gasteiger charge is 2.23. The zero-order valence-corrected chi connectivity index (χ0v) is 14.8. The topological polar surface area (TPSA) is 12.0 Å². The highest BCUT2D eigenvalue weighted by Crippen LogP contribution is 2.31. The third-order valence-corrected chi connectivity index (χ3v) is 5.42. The SMILES string of the molecule is CC(C)NCC(C[Si](C)(C)C)c1ccccc1Br. The molecular formula is C15H26BrNSi. The van der Waals surface area contributed by atoms with E-state index in [0.717, 1.165) is 6.54 Å². The molecular weight excluding hydrogens is 302 g/mol. The van der Waals surface area contributed by atoms with E-state index < -0.39 is 8.07 Å². The maximum atomic E-state index is 3.70. The van der Waals surface area contributed by atoms with Gasteiger partial charge in [0.05, 0.1) is 0 Å². The third-order valence-electron chi connectivity index (χ3n) is 2.98. The maximum absolute atomic E-state index is 3.70. The largest absolute Gasteiger partial charge is 0.314 e. The van der Waals surface area contributed by atoms with E-state index in [1.807, 2.05) is 0 Å². The van der Waals surface area contributed by atoms with Gasteiger partial charge in [-0.3, -0.25) is 0 Å². The smallest absolute Gasteiger partial charge is 0.0449 e. The molecule has 0 radical (unpaired) electrons. The van der Waals surface area contributed by atoms with Gasteiger partial charge in [-0.1, -0.05) is 67.6 Å². The van der Waals surface area contributed by atoms with Crippen LogP contribution in [0.15, 0.2) is 28.7 Å². The summed E-state index contributed by atoms with van der Waals surface area (Å²) in [6.45, 7) is 12.9. The van der Waals surface area contributed by atoms with Gasteiger partial charge < -0.3 is 5.32 Å². The summed E-state index contributed by atoms with van der Waals surface area (Å²) >= 11 is 3.70. The van der Waals surface area contributed by atoms with Crippen molar-refractivity contribution in [2.75, 3.05) is 6.54 Å². The molecule has 18 heavy (non-hydrogen) atoms. The van der Waals surface area contributed by atoms with Crippen LogP contribution in [-0.4, -0.2) is 20.7 Å². The first-order chi connectivity index (χ1) is 8.29. The fraction of sp³-hybridized carbons (Fsp3) is 0.600. The highest BCUT2D eigenvalue weighted by molar-refractivity contribution is 9.10. The first-order valence-corrected chi connectivity index (χ1v) is 11.3. The van der Waals surface area contributed by atoms with Gasteiger partial charge in [0.15, 0.2) is 0 Å². The molecule has 0 saturated carbocycles. The molecule has 0 bridgehead atoms. The van der Waals surface area contributed by atoms with Crippen LogP contribution >= 0.6 is 15.9 Å². The Bertz CT molecular complexity index is 371. The monoisotopic (exact) mass is 327 g/mol. The van der Waals surface area contributed by atoms with Crippen molar-refractivity contribution in [2.24, 2.45) is 0 Å². The number of benzene rings is 1. The van der Waals surface area contributed by atoms with E-state index in [0.29, 0.717) is 12.0 Å². The van der Waals surface area contributed by atoms with Gasteiger partial charge in [0, 0.05) is 25.1 Å². The van der Waals surface area contributed by atoms with E-state index >= 15 is 0 Å². The van der Waals surface area contributed by atoms with Crippen LogP contribution < -0.4 is 5.32 Å². The molecule has 1 unspecified atom stereocenters. The minimum absolute atomic E-state index is 0.552. The van der Waals surface area contributed by atoms with Gasteiger partial charge in [-0.05, 0) is 23.6 Å². The van der Waals surface area contributed by atoms with E-state index in [9.17, 15) is 0 Å². The number of hydrogen-bond donors (Lipinski definition) is 1. The summed E-state index contributed by atoms with van der Waals surface area (Å²) in [6, 6.07) is 10.5. The van der Waals surface area contributed by atoms with Gasteiger partial charge >= 0.3 is 0 Å². The standard InChI is InChI=1S/C15H26BrNSi/c1-12(2)17-10-13(11-18(3,4)5)14-8-6-7-9-15(14)16/h6-9,12-13,17H,10-11H2,1-5H3. The summed E-state index contributed by atoms with van der Waals surface area (Å²) in [5.74, 6) is 0.620. The molecule has 0 fully saturated rings. The molecule has 0 spiro atoms. The molecule has 1 rings (SSSR count). The fourth-order valence-corrected chi connectivity index (χ4v) is 4.67. The summed E-state index contributed by atoms with van der Waals surface area (Å²) in [7, 11) is -1.06. The van der Waals surface area contributed by atoms with Crippen LogP contribution in [0.1, 0.15) is 25.3 Å². The molecule has 0 aliphatic carbocycles. The minimum Gasteiger partial charge on any atom is -0.314 e. The van der Waals surface area contributed by atoms with Gasteiger partial charge in [-0.25, -0.2) is 0 Å². The van der Waals surface area contributed by atoms with Gasteiger partial charge in [0.2, 0.25) is 0 Å². The molecule has 0 aliphatic rings. The molecule has 1 aromatic carbocycles. The van der Waals surface area contributed by atoms with E-state index in [1.165, 1.54) is 16.1 Å². The van der Waals surface area contributed by atoms with E-state index in [-0.39, 0.29) is 0 Å². The van der Waals surface area contributed by atoms with E-state index in [4.69, 9.17) is 0 Å². The Hall–Kier alpha value is -0.123. The Balaban J connectivity index is 2.86. The van der Waals surface area contributed by atoms with Crippen molar-refractivity contribution in [1.29, 1.82) is 0 Å². The molecule has 0 aromatic heterocycles. The predicted molar refractivity (Wildman–Crippen MR) is 88.2 cm³/mol. The Labute approximate surface area is 122 Å². The van der Waals surface area contributed by atoms with Gasteiger partial charge in [0.25, 0.3) is 0 Å². The molecule has 0 heterocycles. The number of halogens is 1. The average Bonchev–Trinajstić information content (AvgIpc) is 2.23.